The lowest BCUT2D eigenvalue weighted by atomic mass is 10.1. The molecule has 1 aliphatic heterocycles. The van der Waals surface area contributed by atoms with Crippen LogP contribution in [0.1, 0.15) is 12.8 Å². The normalized spacial score (nSPS) is 24.9. The maximum Gasteiger partial charge on any atom is 0.407 e. The highest BCUT2D eigenvalue weighted by atomic mass is 16.4. The molecule has 11 heavy (non-hydrogen) atoms. The van der Waals surface area contributed by atoms with Crippen LogP contribution in [-0.2, 0) is 0 Å². The van der Waals surface area contributed by atoms with Crippen molar-refractivity contribution in [1.82, 2.24) is 10.2 Å². The van der Waals surface area contributed by atoms with Crippen molar-refractivity contribution >= 4 is 6.09 Å². The van der Waals surface area contributed by atoms with Crippen LogP contribution in [-0.4, -0.2) is 41.3 Å². The second-order valence-corrected chi connectivity index (χ2v) is 3.33. The highest BCUT2D eigenvalue weighted by molar-refractivity contribution is 5.66. The Morgan fingerprint density at radius 3 is 2.45 bits per heavy atom. The zero-order valence-electron chi connectivity index (χ0n) is 6.29. The molecule has 4 heteroatoms. The number of hydrogen-bond acceptors (Lipinski definition) is 2. The summed E-state index contributed by atoms with van der Waals surface area (Å²) in [6, 6.07) is 1.12. The Labute approximate surface area is 65.2 Å². The number of carbonyl (C=O) groups is 1. The van der Waals surface area contributed by atoms with Crippen molar-refractivity contribution in [2.24, 2.45) is 0 Å². The minimum atomic E-state index is -0.793. The van der Waals surface area contributed by atoms with Gasteiger partial charge in [0.25, 0.3) is 0 Å². The molecule has 4 nitrogen and oxygen atoms in total. The van der Waals surface area contributed by atoms with E-state index in [1.807, 2.05) is 0 Å². The van der Waals surface area contributed by atoms with E-state index < -0.39 is 6.09 Å². The van der Waals surface area contributed by atoms with Crippen molar-refractivity contribution in [2.45, 2.75) is 24.9 Å². The Morgan fingerprint density at radius 2 is 2.00 bits per heavy atom. The lowest BCUT2D eigenvalue weighted by Crippen LogP contribution is -2.59. The fourth-order valence-electron chi connectivity index (χ4n) is 1.32. The van der Waals surface area contributed by atoms with Crippen LogP contribution in [0.5, 0.6) is 0 Å². The molecule has 0 atom stereocenters. The molecule has 2 N–H and O–H groups in total. The van der Waals surface area contributed by atoms with Gasteiger partial charge in [0, 0.05) is 25.2 Å². The van der Waals surface area contributed by atoms with Gasteiger partial charge in [0.05, 0.1) is 0 Å². The summed E-state index contributed by atoms with van der Waals surface area (Å²) < 4.78 is 0. The summed E-state index contributed by atoms with van der Waals surface area (Å²) >= 11 is 0. The molecule has 1 aliphatic carbocycles. The fourth-order valence-corrected chi connectivity index (χ4v) is 1.32. The van der Waals surface area contributed by atoms with E-state index in [4.69, 9.17) is 5.11 Å². The molecule has 0 bridgehead atoms. The standard InChI is InChI=1S/C7H12N2O2/c10-7(11)9-3-6(4-9)8-5-1-2-5/h5-6,8H,1-4H2,(H,10,11). The highest BCUT2D eigenvalue weighted by Crippen LogP contribution is 2.21. The molecule has 1 amide bonds. The van der Waals surface area contributed by atoms with Crippen molar-refractivity contribution in [1.29, 1.82) is 0 Å². The van der Waals surface area contributed by atoms with Gasteiger partial charge in [-0.2, -0.15) is 0 Å². The Morgan fingerprint density at radius 1 is 1.36 bits per heavy atom. The van der Waals surface area contributed by atoms with Crippen LogP contribution in [0.4, 0.5) is 4.79 Å². The highest BCUT2D eigenvalue weighted by Gasteiger charge is 2.34. The van der Waals surface area contributed by atoms with Crippen molar-refractivity contribution in [3.63, 3.8) is 0 Å². The molecule has 62 valence electrons. The Balaban J connectivity index is 1.66. The van der Waals surface area contributed by atoms with Gasteiger partial charge in [0.2, 0.25) is 0 Å². The predicted octanol–water partition coefficient (Wildman–Crippen LogP) is 0.101. The Kier molecular flexibility index (Phi) is 1.49. The van der Waals surface area contributed by atoms with Gasteiger partial charge in [-0.1, -0.05) is 0 Å². The molecule has 0 aromatic heterocycles. The van der Waals surface area contributed by atoms with Crippen LogP contribution in [0.15, 0.2) is 0 Å². The van der Waals surface area contributed by atoms with E-state index in [9.17, 15) is 4.79 Å². The van der Waals surface area contributed by atoms with Crippen molar-refractivity contribution in [2.75, 3.05) is 13.1 Å². The number of hydrogen-bond donors (Lipinski definition) is 2. The first-order valence-corrected chi connectivity index (χ1v) is 3.99. The van der Waals surface area contributed by atoms with Gasteiger partial charge in [-0.15, -0.1) is 0 Å². The van der Waals surface area contributed by atoms with E-state index in [0.717, 1.165) is 0 Å². The van der Waals surface area contributed by atoms with Gasteiger partial charge in [-0.05, 0) is 12.8 Å². The SMILES string of the molecule is O=C(O)N1CC(NC2CC2)C1. The topological polar surface area (TPSA) is 52.6 Å². The molecule has 1 saturated heterocycles. The van der Waals surface area contributed by atoms with Gasteiger partial charge in [0.15, 0.2) is 0 Å². The molecule has 0 aromatic carbocycles. The molecule has 2 fully saturated rings. The van der Waals surface area contributed by atoms with Crippen LogP contribution in [0.3, 0.4) is 0 Å². The lowest BCUT2D eigenvalue weighted by molar-refractivity contribution is 0.0954. The van der Waals surface area contributed by atoms with Gasteiger partial charge < -0.3 is 15.3 Å². The van der Waals surface area contributed by atoms with E-state index in [2.05, 4.69) is 5.32 Å². The first-order valence-electron chi connectivity index (χ1n) is 3.99. The average molecular weight is 156 g/mol. The summed E-state index contributed by atoms with van der Waals surface area (Å²) in [5, 5.41) is 11.9. The number of amides is 1. The van der Waals surface area contributed by atoms with Crippen molar-refractivity contribution < 1.29 is 9.90 Å². The fraction of sp³-hybridized carbons (Fsp3) is 0.857. The summed E-state index contributed by atoms with van der Waals surface area (Å²) in [7, 11) is 0. The number of rotatable bonds is 2. The van der Waals surface area contributed by atoms with Crippen LogP contribution >= 0.6 is 0 Å². The van der Waals surface area contributed by atoms with Crippen LogP contribution < -0.4 is 5.32 Å². The maximum atomic E-state index is 10.3. The summed E-state index contributed by atoms with van der Waals surface area (Å²) in [6.45, 7) is 1.34. The van der Waals surface area contributed by atoms with Gasteiger partial charge >= 0.3 is 6.09 Å². The predicted molar refractivity (Wildman–Crippen MR) is 39.5 cm³/mol. The van der Waals surface area contributed by atoms with Crippen LogP contribution in [0, 0.1) is 0 Å². The van der Waals surface area contributed by atoms with E-state index in [1.54, 1.807) is 0 Å². The minimum absolute atomic E-state index is 0.429. The average Bonchev–Trinajstić information content (AvgIpc) is 2.58. The largest absolute Gasteiger partial charge is 0.465 e. The molecular weight excluding hydrogens is 144 g/mol. The zero-order chi connectivity index (χ0) is 7.84. The zero-order valence-corrected chi connectivity index (χ0v) is 6.29. The van der Waals surface area contributed by atoms with E-state index in [-0.39, 0.29) is 0 Å². The number of nitrogens with one attached hydrogen (secondary N) is 1. The summed E-state index contributed by atoms with van der Waals surface area (Å²) in [5.74, 6) is 0. The smallest absolute Gasteiger partial charge is 0.407 e. The molecule has 0 aromatic rings. The molecule has 0 radical (unpaired) electrons. The first-order chi connectivity index (χ1) is 5.25. The molecule has 1 heterocycles. The number of nitrogens with zero attached hydrogens (tertiary/aromatic N) is 1. The molecule has 1 saturated carbocycles. The summed E-state index contributed by atoms with van der Waals surface area (Å²) in [4.78, 5) is 11.8. The second-order valence-electron chi connectivity index (χ2n) is 3.33. The molecule has 2 rings (SSSR count). The van der Waals surface area contributed by atoms with Crippen LogP contribution in [0.2, 0.25) is 0 Å². The minimum Gasteiger partial charge on any atom is -0.465 e. The quantitative estimate of drug-likeness (QED) is 0.596. The van der Waals surface area contributed by atoms with Gasteiger partial charge in [-0.25, -0.2) is 4.79 Å². The molecule has 0 unspecified atom stereocenters. The Hall–Kier alpha value is -0.770. The summed E-state index contributed by atoms with van der Waals surface area (Å²) in [5.41, 5.74) is 0. The van der Waals surface area contributed by atoms with Crippen molar-refractivity contribution in [3.05, 3.63) is 0 Å². The van der Waals surface area contributed by atoms with Crippen LogP contribution in [0.25, 0.3) is 0 Å². The maximum absolute atomic E-state index is 10.3. The number of carboxylic acid groups (broad SMARTS) is 1. The Bertz CT molecular complexity index is 173. The monoisotopic (exact) mass is 156 g/mol. The van der Waals surface area contributed by atoms with Crippen molar-refractivity contribution in [3.8, 4) is 0 Å². The third kappa shape index (κ3) is 1.45. The summed E-state index contributed by atoms with van der Waals surface area (Å²) in [6.07, 6.45) is 1.74. The van der Waals surface area contributed by atoms with E-state index >= 15 is 0 Å². The first kappa shape index (κ1) is 6.91. The molecule has 2 aliphatic rings. The van der Waals surface area contributed by atoms with Gasteiger partial charge in [-0.3, -0.25) is 0 Å². The third-order valence-corrected chi connectivity index (χ3v) is 2.20. The second kappa shape index (κ2) is 2.37. The third-order valence-electron chi connectivity index (χ3n) is 2.20. The lowest BCUT2D eigenvalue weighted by Gasteiger charge is -2.37. The number of likely N-dealkylation sites (tertiary alicyclic amines) is 1. The molecular formula is C7H12N2O2. The molecule has 0 spiro atoms. The van der Waals surface area contributed by atoms with Gasteiger partial charge in [0.1, 0.15) is 0 Å². The van der Waals surface area contributed by atoms with E-state index in [0.29, 0.717) is 25.2 Å². The van der Waals surface area contributed by atoms with E-state index in [1.165, 1.54) is 17.7 Å².